The first-order valence-corrected chi connectivity index (χ1v) is 16.9. The van der Waals surface area contributed by atoms with Gasteiger partial charge in [-0.3, -0.25) is 19.1 Å². The molecule has 0 bridgehead atoms. The molecule has 1 fully saturated rings. The zero-order valence-corrected chi connectivity index (χ0v) is 27.1. The smallest absolute Gasteiger partial charge is 0.263 e. The number of rotatable bonds is 6. The van der Waals surface area contributed by atoms with Crippen LogP contribution < -0.4 is 20.9 Å². The zero-order chi connectivity index (χ0) is 33.1. The Bertz CT molecular complexity index is 1950. The van der Waals surface area contributed by atoms with E-state index in [1.807, 2.05) is 13.8 Å². The fourth-order valence-corrected chi connectivity index (χ4v) is 7.13. The molecule has 5 atom stereocenters. The molecule has 0 radical (unpaired) electrons. The lowest BCUT2D eigenvalue weighted by molar-refractivity contribution is -0.00544. The summed E-state index contributed by atoms with van der Waals surface area (Å²) < 4.78 is 62.1. The van der Waals surface area contributed by atoms with E-state index in [9.17, 15) is 22.0 Å². The van der Waals surface area contributed by atoms with Crippen molar-refractivity contribution in [1.82, 2.24) is 24.3 Å². The highest BCUT2D eigenvalue weighted by atomic mass is 35.5. The normalized spacial score (nSPS) is 24.0. The number of benzene rings is 1. The largest absolute Gasteiger partial charge is 0.372 e. The molecule has 16 heteroatoms. The van der Waals surface area contributed by atoms with Gasteiger partial charge in [0.15, 0.2) is 11.5 Å². The number of fused-ring (bicyclic) bond motifs is 2. The lowest BCUT2D eigenvalue weighted by atomic mass is 9.93. The molecule has 1 aliphatic carbocycles. The van der Waals surface area contributed by atoms with Crippen LogP contribution in [0, 0.1) is 11.6 Å². The third-order valence-electron chi connectivity index (χ3n) is 8.04. The van der Waals surface area contributed by atoms with Crippen molar-refractivity contribution in [2.75, 3.05) is 31.3 Å². The Balaban J connectivity index is 1.49. The highest BCUT2D eigenvalue weighted by Crippen LogP contribution is 2.38. The second kappa shape index (κ2) is 12.0. The van der Waals surface area contributed by atoms with Crippen molar-refractivity contribution < 1.29 is 21.9 Å². The summed E-state index contributed by atoms with van der Waals surface area (Å²) in [5.74, 6) is -0.776. The van der Waals surface area contributed by atoms with Crippen LogP contribution in [-0.2, 0) is 21.2 Å². The molecule has 0 amide bonds. The Kier molecular flexibility index (Phi) is 8.38. The molecule has 244 valence electrons. The minimum Gasteiger partial charge on any atom is -0.372 e. The van der Waals surface area contributed by atoms with Gasteiger partial charge in [-0.2, -0.15) is 5.10 Å². The first-order chi connectivity index (χ1) is 21.7. The van der Waals surface area contributed by atoms with E-state index in [1.54, 1.807) is 31.3 Å². The number of sulfonamides is 1. The van der Waals surface area contributed by atoms with Crippen molar-refractivity contribution in [3.63, 3.8) is 0 Å². The second-order valence-corrected chi connectivity index (χ2v) is 14.0. The molecule has 1 saturated heterocycles. The average molecular weight is 675 g/mol. The second-order valence-electron chi connectivity index (χ2n) is 11.9. The summed E-state index contributed by atoms with van der Waals surface area (Å²) in [7, 11) is -2.08. The minimum atomic E-state index is -3.71. The standard InChI is InChI=1S/C30H33ClF2N8O4S/c1-15-13-40(14-16(2)45-15)24-8-5-20-27(35-24)36-29(22(34)11-17-9-18(32)12-19(33)10-17)41(30(20)42)23-7-6-21(31)25-26(23)39(3)37-28(25)38-46(4,43)44/h5-10,12,15-16,22-23,26H,11,13-14,34H2,1-4H3,(H,37,38)/t15-,16+,22-,23?,26?/m0/s1. The molecule has 46 heavy (non-hydrogen) atoms. The molecule has 1 aromatic carbocycles. The Morgan fingerprint density at radius 2 is 1.80 bits per heavy atom. The molecular formula is C30H33ClF2N8O4S. The molecule has 3 N–H and O–H groups in total. The van der Waals surface area contributed by atoms with Gasteiger partial charge in [-0.15, -0.1) is 0 Å². The lowest BCUT2D eigenvalue weighted by Gasteiger charge is -2.36. The number of ether oxygens (including phenoxy) is 1. The van der Waals surface area contributed by atoms with Crippen LogP contribution in [0.3, 0.4) is 0 Å². The highest BCUT2D eigenvalue weighted by Gasteiger charge is 2.42. The molecule has 0 saturated carbocycles. The number of nitrogens with one attached hydrogen (secondary N) is 1. The van der Waals surface area contributed by atoms with Crippen LogP contribution in [0.5, 0.6) is 0 Å². The van der Waals surface area contributed by atoms with E-state index in [1.165, 1.54) is 21.7 Å². The number of pyridine rings is 1. The van der Waals surface area contributed by atoms with Crippen molar-refractivity contribution in [2.45, 2.75) is 50.6 Å². The van der Waals surface area contributed by atoms with E-state index in [0.29, 0.717) is 24.5 Å². The number of hydrogen-bond donors (Lipinski definition) is 2. The molecule has 0 spiro atoms. The van der Waals surface area contributed by atoms with Gasteiger partial charge >= 0.3 is 0 Å². The summed E-state index contributed by atoms with van der Waals surface area (Å²) in [6.07, 6.45) is 4.14. The van der Waals surface area contributed by atoms with Crippen molar-refractivity contribution in [1.29, 1.82) is 0 Å². The Labute approximate surface area is 269 Å². The van der Waals surface area contributed by atoms with Crippen molar-refractivity contribution in [3.05, 3.63) is 86.5 Å². The number of amidine groups is 1. The summed E-state index contributed by atoms with van der Waals surface area (Å²) in [5.41, 5.74) is 7.03. The molecule has 6 rings (SSSR count). The summed E-state index contributed by atoms with van der Waals surface area (Å²) in [6, 6.07) is 3.99. The third kappa shape index (κ3) is 6.24. The SMILES string of the molecule is C[C@@H]1CN(c2ccc3c(=O)n(C4C=CC(Cl)=C5C(NS(C)(=O)=O)=NN(C)C54)c([C@@H](N)Cc4cc(F)cc(F)c4)nc3n2)C[C@H](C)O1. The first kappa shape index (κ1) is 32.0. The number of nitrogens with zero attached hydrogens (tertiary/aromatic N) is 6. The van der Waals surface area contributed by atoms with Crippen LogP contribution in [0.15, 0.2) is 63.0 Å². The average Bonchev–Trinajstić information content (AvgIpc) is 3.27. The molecule has 2 aromatic heterocycles. The van der Waals surface area contributed by atoms with Gasteiger partial charge in [0, 0.05) is 36.8 Å². The van der Waals surface area contributed by atoms with Crippen molar-refractivity contribution >= 4 is 44.3 Å². The number of nitrogens with two attached hydrogens (primary N) is 1. The molecular weight excluding hydrogens is 642 g/mol. The summed E-state index contributed by atoms with van der Waals surface area (Å²) in [5, 5.41) is 6.34. The molecule has 12 nitrogen and oxygen atoms in total. The van der Waals surface area contributed by atoms with E-state index in [0.717, 1.165) is 12.3 Å². The van der Waals surface area contributed by atoms with Gasteiger partial charge in [0.2, 0.25) is 10.0 Å². The van der Waals surface area contributed by atoms with Gasteiger partial charge in [-0.25, -0.2) is 27.2 Å². The van der Waals surface area contributed by atoms with Crippen LogP contribution >= 0.6 is 11.6 Å². The monoisotopic (exact) mass is 674 g/mol. The highest BCUT2D eigenvalue weighted by molar-refractivity contribution is 7.89. The number of hydrogen-bond acceptors (Lipinski definition) is 10. The Hall–Kier alpha value is -3.92. The zero-order valence-electron chi connectivity index (χ0n) is 25.5. The molecule has 2 unspecified atom stereocenters. The maximum Gasteiger partial charge on any atom is 0.263 e. The van der Waals surface area contributed by atoms with Crippen molar-refractivity contribution in [3.8, 4) is 0 Å². The molecule has 3 aromatic rings. The van der Waals surface area contributed by atoms with Gasteiger partial charge in [0.05, 0.1) is 35.9 Å². The summed E-state index contributed by atoms with van der Waals surface area (Å²) in [4.78, 5) is 26.0. The Morgan fingerprint density at radius 3 is 2.46 bits per heavy atom. The molecule has 3 aliphatic rings. The van der Waals surface area contributed by atoms with Gasteiger partial charge in [0.25, 0.3) is 5.56 Å². The fraction of sp³-hybridized carbons (Fsp3) is 0.400. The van der Waals surface area contributed by atoms with E-state index in [4.69, 9.17) is 32.0 Å². The van der Waals surface area contributed by atoms with E-state index in [2.05, 4.69) is 14.7 Å². The van der Waals surface area contributed by atoms with E-state index in [-0.39, 0.29) is 51.9 Å². The van der Waals surface area contributed by atoms with Gasteiger partial charge < -0.3 is 15.4 Å². The molecule has 4 heterocycles. The minimum absolute atomic E-state index is 0.0255. The van der Waals surface area contributed by atoms with Gasteiger partial charge in [-0.1, -0.05) is 17.7 Å². The molecule has 2 aliphatic heterocycles. The number of aromatic nitrogens is 3. The first-order valence-electron chi connectivity index (χ1n) is 14.6. The summed E-state index contributed by atoms with van der Waals surface area (Å²) >= 11 is 6.57. The van der Waals surface area contributed by atoms with Crippen LogP contribution in [0.2, 0.25) is 0 Å². The quantitative estimate of drug-likeness (QED) is 0.403. The number of anilines is 1. The fourth-order valence-electron chi connectivity index (χ4n) is 6.35. The maximum atomic E-state index is 14.4. The van der Waals surface area contributed by atoms with Crippen LogP contribution in [0.4, 0.5) is 14.6 Å². The number of allylic oxidation sites excluding steroid dienone is 2. The van der Waals surface area contributed by atoms with Crippen LogP contribution in [0.1, 0.15) is 37.3 Å². The lowest BCUT2D eigenvalue weighted by Crippen LogP contribution is -2.46. The maximum absolute atomic E-state index is 14.4. The predicted molar refractivity (Wildman–Crippen MR) is 171 cm³/mol. The Morgan fingerprint density at radius 1 is 1.13 bits per heavy atom. The number of morpholine rings is 1. The number of hydrazone groups is 1. The van der Waals surface area contributed by atoms with E-state index >= 15 is 0 Å². The summed E-state index contributed by atoms with van der Waals surface area (Å²) in [6.45, 7) is 5.14. The third-order valence-corrected chi connectivity index (χ3v) is 8.94. The predicted octanol–water partition coefficient (Wildman–Crippen LogP) is 2.71. The van der Waals surface area contributed by atoms with E-state index < -0.39 is 45.3 Å². The number of likely N-dealkylation sites (N-methyl/N-ethyl adjacent to an activating group) is 1. The van der Waals surface area contributed by atoms with Crippen LogP contribution in [0.25, 0.3) is 11.0 Å². The van der Waals surface area contributed by atoms with Crippen LogP contribution in [-0.4, -0.2) is 78.4 Å². The van der Waals surface area contributed by atoms with Crippen molar-refractivity contribution in [2.24, 2.45) is 10.8 Å². The topological polar surface area (TPSA) is 148 Å². The van der Waals surface area contributed by atoms with Gasteiger partial charge in [-0.05, 0) is 56.2 Å². The van der Waals surface area contributed by atoms with Gasteiger partial charge in [0.1, 0.15) is 29.3 Å². The number of halogens is 3.